The van der Waals surface area contributed by atoms with Crippen LogP contribution in [0.1, 0.15) is 0 Å². The molecule has 8 heteroatoms. The summed E-state index contributed by atoms with van der Waals surface area (Å²) in [7, 11) is 0. The molecule has 0 aliphatic rings. The maximum absolute atomic E-state index is 11.6. The molecule has 1 amide bonds. The summed E-state index contributed by atoms with van der Waals surface area (Å²) in [6.45, 7) is -0.177. The quantitative estimate of drug-likeness (QED) is 0.845. The highest BCUT2D eigenvalue weighted by Crippen LogP contribution is 2.22. The van der Waals surface area contributed by atoms with Gasteiger partial charge in [0.05, 0.1) is 5.02 Å². The van der Waals surface area contributed by atoms with Gasteiger partial charge < -0.3 is 10.1 Å². The number of para-hydroxylation sites is 1. The van der Waals surface area contributed by atoms with Crippen LogP contribution in [0, 0.1) is 0 Å². The Morgan fingerprint density at radius 3 is 2.95 bits per heavy atom. The van der Waals surface area contributed by atoms with Gasteiger partial charge in [-0.2, -0.15) is 0 Å². The Bertz CT molecular complexity index is 605. The summed E-state index contributed by atoms with van der Waals surface area (Å²) < 4.78 is 5.29. The van der Waals surface area contributed by atoms with E-state index in [1.54, 1.807) is 35.8 Å². The molecule has 20 heavy (non-hydrogen) atoms. The number of rotatable bonds is 4. The van der Waals surface area contributed by atoms with Crippen LogP contribution in [0.25, 0.3) is 0 Å². The third-order valence-electron chi connectivity index (χ3n) is 2.10. The van der Waals surface area contributed by atoms with Crippen molar-refractivity contribution in [1.29, 1.82) is 0 Å². The monoisotopic (exact) mass is 327 g/mol. The summed E-state index contributed by atoms with van der Waals surface area (Å²) in [5.74, 6) is 0.0714. The normalized spacial score (nSPS) is 9.85. The van der Waals surface area contributed by atoms with Gasteiger partial charge in [-0.15, -0.1) is 11.3 Å². The van der Waals surface area contributed by atoms with E-state index in [1.807, 2.05) is 0 Å². The van der Waals surface area contributed by atoms with Crippen LogP contribution in [0.15, 0.2) is 35.8 Å². The lowest BCUT2D eigenvalue weighted by molar-refractivity contribution is -0.121. The second-order valence-electron chi connectivity index (χ2n) is 3.56. The summed E-state index contributed by atoms with van der Waals surface area (Å²) in [5, 5.41) is 8.31. The molecule has 104 valence electrons. The first-order chi connectivity index (χ1) is 9.65. The third kappa shape index (κ3) is 4.44. The van der Waals surface area contributed by atoms with Crippen LogP contribution in [0.2, 0.25) is 5.02 Å². The van der Waals surface area contributed by atoms with Crippen LogP contribution in [0.4, 0.5) is 5.13 Å². The Morgan fingerprint density at radius 2 is 2.25 bits per heavy atom. The van der Waals surface area contributed by atoms with Gasteiger partial charge in [0.15, 0.2) is 16.9 Å². The topological polar surface area (TPSA) is 63.2 Å². The standard InChI is InChI=1S/C12H10ClN3O2S2/c13-8-3-1-2-4-9(8)18-7-10(17)15-11(19)16-12-14-5-6-20-12/h1-6H,7H2,(H2,14,15,16,17,19). The van der Waals surface area contributed by atoms with Crippen molar-refractivity contribution in [3.63, 3.8) is 0 Å². The summed E-state index contributed by atoms with van der Waals surface area (Å²) in [5.41, 5.74) is 0. The Labute approximate surface area is 129 Å². The zero-order valence-corrected chi connectivity index (χ0v) is 12.5. The molecule has 0 saturated heterocycles. The van der Waals surface area contributed by atoms with Gasteiger partial charge in [0.25, 0.3) is 5.91 Å². The van der Waals surface area contributed by atoms with Crippen molar-refractivity contribution in [2.45, 2.75) is 0 Å². The van der Waals surface area contributed by atoms with E-state index in [0.717, 1.165) is 0 Å². The van der Waals surface area contributed by atoms with Crippen molar-refractivity contribution < 1.29 is 9.53 Å². The number of aromatic nitrogens is 1. The molecule has 0 fully saturated rings. The fourth-order valence-electron chi connectivity index (χ4n) is 1.28. The molecule has 0 aliphatic heterocycles. The van der Waals surface area contributed by atoms with Crippen LogP contribution in [0.3, 0.4) is 0 Å². The minimum absolute atomic E-state index is 0.174. The second-order valence-corrected chi connectivity index (χ2v) is 5.27. The maximum Gasteiger partial charge on any atom is 0.264 e. The van der Waals surface area contributed by atoms with Crippen LogP contribution in [-0.4, -0.2) is 22.6 Å². The van der Waals surface area contributed by atoms with Crippen molar-refractivity contribution in [1.82, 2.24) is 10.3 Å². The van der Waals surface area contributed by atoms with E-state index in [-0.39, 0.29) is 17.6 Å². The highest BCUT2D eigenvalue weighted by atomic mass is 35.5. The van der Waals surface area contributed by atoms with E-state index in [4.69, 9.17) is 28.6 Å². The molecule has 1 heterocycles. The van der Waals surface area contributed by atoms with Crippen LogP contribution in [0.5, 0.6) is 5.75 Å². The molecule has 2 aromatic rings. The Balaban J connectivity index is 1.78. The van der Waals surface area contributed by atoms with Gasteiger partial charge in [0, 0.05) is 11.6 Å². The highest BCUT2D eigenvalue weighted by Gasteiger charge is 2.08. The molecule has 0 aliphatic carbocycles. The van der Waals surface area contributed by atoms with Gasteiger partial charge in [-0.25, -0.2) is 4.98 Å². The van der Waals surface area contributed by atoms with Crippen LogP contribution < -0.4 is 15.4 Å². The van der Waals surface area contributed by atoms with E-state index < -0.39 is 0 Å². The molecular formula is C12H10ClN3O2S2. The number of anilines is 1. The minimum Gasteiger partial charge on any atom is -0.482 e. The molecule has 1 aromatic heterocycles. The molecule has 2 N–H and O–H groups in total. The number of benzene rings is 1. The first-order valence-corrected chi connectivity index (χ1v) is 7.19. The first kappa shape index (κ1) is 14.7. The molecule has 0 spiro atoms. The lowest BCUT2D eigenvalue weighted by Crippen LogP contribution is -2.37. The second kappa shape index (κ2) is 7.18. The van der Waals surface area contributed by atoms with Crippen molar-refractivity contribution in [3.8, 4) is 5.75 Å². The van der Waals surface area contributed by atoms with Gasteiger partial charge in [0.2, 0.25) is 0 Å². The minimum atomic E-state index is -0.376. The molecule has 0 unspecified atom stereocenters. The Kier molecular flexibility index (Phi) is 5.28. The fraction of sp³-hybridized carbons (Fsp3) is 0.0833. The van der Waals surface area contributed by atoms with E-state index in [9.17, 15) is 4.79 Å². The predicted molar refractivity (Wildman–Crippen MR) is 83.4 cm³/mol. The molecule has 0 saturated carbocycles. The zero-order valence-electron chi connectivity index (χ0n) is 10.1. The van der Waals surface area contributed by atoms with Gasteiger partial charge in [-0.05, 0) is 24.4 Å². The number of thiazole rings is 1. The number of carbonyl (C=O) groups excluding carboxylic acids is 1. The first-order valence-electron chi connectivity index (χ1n) is 5.53. The van der Waals surface area contributed by atoms with Crippen molar-refractivity contribution >= 4 is 51.3 Å². The number of nitrogens with zero attached hydrogens (tertiary/aromatic N) is 1. The predicted octanol–water partition coefficient (Wildman–Crippen LogP) is 2.69. The lowest BCUT2D eigenvalue weighted by Gasteiger charge is -2.09. The largest absolute Gasteiger partial charge is 0.482 e. The molecule has 0 bridgehead atoms. The number of nitrogens with one attached hydrogen (secondary N) is 2. The third-order valence-corrected chi connectivity index (χ3v) is 3.31. The van der Waals surface area contributed by atoms with Crippen LogP contribution in [-0.2, 0) is 4.79 Å². The number of ether oxygens (including phenoxy) is 1. The van der Waals surface area contributed by atoms with Gasteiger partial charge >= 0.3 is 0 Å². The van der Waals surface area contributed by atoms with E-state index in [0.29, 0.717) is 15.9 Å². The van der Waals surface area contributed by atoms with Crippen molar-refractivity contribution in [2.75, 3.05) is 11.9 Å². The van der Waals surface area contributed by atoms with E-state index in [1.165, 1.54) is 11.3 Å². The lowest BCUT2D eigenvalue weighted by atomic mass is 10.3. The van der Waals surface area contributed by atoms with E-state index >= 15 is 0 Å². The maximum atomic E-state index is 11.6. The summed E-state index contributed by atoms with van der Waals surface area (Å²) in [6.07, 6.45) is 1.64. The number of hydrogen-bond donors (Lipinski definition) is 2. The molecular weight excluding hydrogens is 318 g/mol. The molecule has 0 atom stereocenters. The SMILES string of the molecule is O=C(COc1ccccc1Cl)NC(=S)Nc1nccs1. The Morgan fingerprint density at radius 1 is 1.45 bits per heavy atom. The smallest absolute Gasteiger partial charge is 0.264 e. The average molecular weight is 328 g/mol. The van der Waals surface area contributed by atoms with Gasteiger partial charge in [-0.3, -0.25) is 10.1 Å². The Hall–Kier alpha value is -1.70. The number of halogens is 1. The number of amides is 1. The van der Waals surface area contributed by atoms with Gasteiger partial charge in [-0.1, -0.05) is 23.7 Å². The summed E-state index contributed by atoms with van der Waals surface area (Å²) in [6, 6.07) is 6.92. The van der Waals surface area contributed by atoms with Crippen molar-refractivity contribution in [2.24, 2.45) is 0 Å². The van der Waals surface area contributed by atoms with Crippen LogP contribution >= 0.6 is 35.2 Å². The van der Waals surface area contributed by atoms with Gasteiger partial charge in [0.1, 0.15) is 5.75 Å². The fourth-order valence-corrected chi connectivity index (χ4v) is 2.28. The number of hydrogen-bond acceptors (Lipinski definition) is 5. The summed E-state index contributed by atoms with van der Waals surface area (Å²) in [4.78, 5) is 15.6. The highest BCUT2D eigenvalue weighted by molar-refractivity contribution is 7.80. The van der Waals surface area contributed by atoms with E-state index in [2.05, 4.69) is 15.6 Å². The molecule has 0 radical (unpaired) electrons. The van der Waals surface area contributed by atoms with Crippen molar-refractivity contribution in [3.05, 3.63) is 40.9 Å². The molecule has 5 nitrogen and oxygen atoms in total. The number of carbonyl (C=O) groups is 1. The summed E-state index contributed by atoms with van der Waals surface area (Å²) >= 11 is 12.3. The zero-order chi connectivity index (χ0) is 14.4. The molecule has 2 rings (SSSR count). The number of thiocarbonyl (C=S) groups is 1. The molecule has 1 aromatic carbocycles. The average Bonchev–Trinajstić information content (AvgIpc) is 2.90.